The minimum atomic E-state index is -0.864. The molecule has 1 N–H and O–H groups in total. The zero-order valence-electron chi connectivity index (χ0n) is 14.3. The number of rotatable bonds is 4. The van der Waals surface area contributed by atoms with Gasteiger partial charge in [-0.25, -0.2) is 0 Å². The molecule has 2 unspecified atom stereocenters. The molecule has 1 fully saturated rings. The highest BCUT2D eigenvalue weighted by atomic mass is 16.3. The molecule has 0 radical (unpaired) electrons. The van der Waals surface area contributed by atoms with Crippen molar-refractivity contribution < 1.29 is 5.11 Å². The van der Waals surface area contributed by atoms with Gasteiger partial charge in [-0.1, -0.05) is 91.0 Å². The maximum atomic E-state index is 11.7. The van der Waals surface area contributed by atoms with E-state index in [0.717, 1.165) is 25.1 Å². The van der Waals surface area contributed by atoms with Crippen molar-refractivity contribution in [2.45, 2.75) is 24.6 Å². The molecule has 4 rings (SSSR count). The van der Waals surface area contributed by atoms with Crippen molar-refractivity contribution in [3.05, 3.63) is 108 Å². The molecule has 1 heterocycles. The van der Waals surface area contributed by atoms with Crippen LogP contribution in [0.1, 0.15) is 29.2 Å². The van der Waals surface area contributed by atoms with Crippen LogP contribution in [-0.2, 0) is 12.1 Å². The van der Waals surface area contributed by atoms with Crippen molar-refractivity contribution in [2.24, 2.45) is 0 Å². The van der Waals surface area contributed by atoms with Crippen LogP contribution in [0, 0.1) is 0 Å². The summed E-state index contributed by atoms with van der Waals surface area (Å²) in [5, 5.41) is 11.7. The third-order valence-electron chi connectivity index (χ3n) is 5.22. The van der Waals surface area contributed by atoms with Crippen LogP contribution in [-0.4, -0.2) is 16.6 Å². The number of likely N-dealkylation sites (tertiary alicyclic amines) is 1. The zero-order valence-corrected chi connectivity index (χ0v) is 14.3. The Kier molecular flexibility index (Phi) is 4.39. The first-order chi connectivity index (χ1) is 12.3. The van der Waals surface area contributed by atoms with E-state index in [1.165, 1.54) is 11.1 Å². The van der Waals surface area contributed by atoms with Crippen LogP contribution in [0.15, 0.2) is 91.0 Å². The first-order valence-electron chi connectivity index (χ1n) is 8.88. The molecule has 1 saturated heterocycles. The van der Waals surface area contributed by atoms with Gasteiger partial charge >= 0.3 is 0 Å². The molecule has 0 amide bonds. The van der Waals surface area contributed by atoms with Gasteiger partial charge in [0.2, 0.25) is 0 Å². The van der Waals surface area contributed by atoms with E-state index in [4.69, 9.17) is 0 Å². The summed E-state index contributed by atoms with van der Waals surface area (Å²) in [4.78, 5) is 2.40. The summed E-state index contributed by atoms with van der Waals surface area (Å²) in [5.41, 5.74) is 2.58. The molecule has 0 aliphatic carbocycles. The van der Waals surface area contributed by atoms with E-state index in [2.05, 4.69) is 53.4 Å². The standard InChI is InChI=1S/C23H23NO/c25-23(21-14-8-3-9-15-21)16-17-24(18-19-10-4-1-5-11-19)22(23)20-12-6-2-7-13-20/h1-15,22,25H,16-18H2. The van der Waals surface area contributed by atoms with E-state index < -0.39 is 5.60 Å². The van der Waals surface area contributed by atoms with Crippen LogP contribution < -0.4 is 0 Å². The molecule has 0 spiro atoms. The van der Waals surface area contributed by atoms with E-state index in [9.17, 15) is 5.11 Å². The second kappa shape index (κ2) is 6.83. The number of hydrogen-bond acceptors (Lipinski definition) is 2. The summed E-state index contributed by atoms with van der Waals surface area (Å²) in [7, 11) is 0. The number of nitrogens with zero attached hydrogens (tertiary/aromatic N) is 1. The lowest BCUT2D eigenvalue weighted by atomic mass is 9.83. The SMILES string of the molecule is OC1(c2ccccc2)CCN(Cc2ccccc2)C1c1ccccc1. The summed E-state index contributed by atoms with van der Waals surface area (Å²) in [6.45, 7) is 1.72. The van der Waals surface area contributed by atoms with Gasteiger partial charge in [0.15, 0.2) is 0 Å². The van der Waals surface area contributed by atoms with Crippen LogP contribution in [0.5, 0.6) is 0 Å². The van der Waals surface area contributed by atoms with Crippen LogP contribution in [0.3, 0.4) is 0 Å². The monoisotopic (exact) mass is 329 g/mol. The van der Waals surface area contributed by atoms with Crippen molar-refractivity contribution in [3.63, 3.8) is 0 Å². The third-order valence-corrected chi connectivity index (χ3v) is 5.22. The van der Waals surface area contributed by atoms with E-state index in [1.54, 1.807) is 0 Å². The Morgan fingerprint density at radius 1 is 0.800 bits per heavy atom. The molecular formula is C23H23NO. The van der Waals surface area contributed by atoms with Gasteiger partial charge in [0.25, 0.3) is 0 Å². The summed E-state index contributed by atoms with van der Waals surface area (Å²) in [5.74, 6) is 0. The quantitative estimate of drug-likeness (QED) is 0.760. The molecule has 0 saturated carbocycles. The first kappa shape index (κ1) is 16.1. The lowest BCUT2D eigenvalue weighted by Crippen LogP contribution is -2.35. The molecule has 1 aliphatic rings. The van der Waals surface area contributed by atoms with Gasteiger partial charge in [-0.05, 0) is 23.1 Å². The average molecular weight is 329 g/mol. The third kappa shape index (κ3) is 3.11. The predicted octanol–water partition coefficient (Wildman–Crippen LogP) is 4.52. The highest BCUT2D eigenvalue weighted by Gasteiger charge is 2.47. The molecule has 126 valence electrons. The fourth-order valence-corrected chi connectivity index (χ4v) is 4.02. The van der Waals surface area contributed by atoms with Crippen molar-refractivity contribution in [2.75, 3.05) is 6.54 Å². The smallest absolute Gasteiger partial charge is 0.110 e. The van der Waals surface area contributed by atoms with Crippen molar-refractivity contribution in [1.29, 1.82) is 0 Å². The van der Waals surface area contributed by atoms with Gasteiger partial charge in [-0.2, -0.15) is 0 Å². The average Bonchev–Trinajstić information content (AvgIpc) is 3.01. The molecule has 3 aromatic carbocycles. The van der Waals surface area contributed by atoms with E-state index in [-0.39, 0.29) is 6.04 Å². The topological polar surface area (TPSA) is 23.5 Å². The second-order valence-corrected chi connectivity index (χ2v) is 6.81. The largest absolute Gasteiger partial charge is 0.383 e. The maximum absolute atomic E-state index is 11.7. The fraction of sp³-hybridized carbons (Fsp3) is 0.217. The van der Waals surface area contributed by atoms with Crippen LogP contribution >= 0.6 is 0 Å². The lowest BCUT2D eigenvalue weighted by Gasteiger charge is -2.35. The lowest BCUT2D eigenvalue weighted by molar-refractivity contribution is -0.00420. The van der Waals surface area contributed by atoms with E-state index in [0.29, 0.717) is 0 Å². The van der Waals surface area contributed by atoms with Crippen LogP contribution in [0.25, 0.3) is 0 Å². The normalized spacial score (nSPS) is 23.6. The molecule has 3 aromatic rings. The van der Waals surface area contributed by atoms with E-state index in [1.807, 2.05) is 42.5 Å². The number of benzene rings is 3. The molecule has 2 atom stereocenters. The highest BCUT2D eigenvalue weighted by molar-refractivity contribution is 5.33. The molecular weight excluding hydrogens is 306 g/mol. The van der Waals surface area contributed by atoms with Gasteiger partial charge in [0.05, 0.1) is 6.04 Å². The van der Waals surface area contributed by atoms with Gasteiger partial charge in [-0.15, -0.1) is 0 Å². The van der Waals surface area contributed by atoms with Crippen LogP contribution in [0.4, 0.5) is 0 Å². The molecule has 2 nitrogen and oxygen atoms in total. The predicted molar refractivity (Wildman–Crippen MR) is 101 cm³/mol. The zero-order chi connectivity index (χ0) is 17.1. The summed E-state index contributed by atoms with van der Waals surface area (Å²) >= 11 is 0. The number of aliphatic hydroxyl groups is 1. The molecule has 0 bridgehead atoms. The van der Waals surface area contributed by atoms with Crippen LogP contribution in [0.2, 0.25) is 0 Å². The maximum Gasteiger partial charge on any atom is 0.110 e. The summed E-state index contributed by atoms with van der Waals surface area (Å²) < 4.78 is 0. The summed E-state index contributed by atoms with van der Waals surface area (Å²) in [6.07, 6.45) is 0.739. The van der Waals surface area contributed by atoms with Gasteiger partial charge in [-0.3, -0.25) is 4.90 Å². The molecule has 2 heteroatoms. The van der Waals surface area contributed by atoms with Crippen molar-refractivity contribution in [1.82, 2.24) is 4.90 Å². The van der Waals surface area contributed by atoms with Crippen molar-refractivity contribution >= 4 is 0 Å². The minimum absolute atomic E-state index is 0.0451. The summed E-state index contributed by atoms with van der Waals surface area (Å²) in [6, 6.07) is 31.0. The molecule has 0 aromatic heterocycles. The Morgan fingerprint density at radius 2 is 1.36 bits per heavy atom. The van der Waals surface area contributed by atoms with Crippen molar-refractivity contribution in [3.8, 4) is 0 Å². The fourth-order valence-electron chi connectivity index (χ4n) is 4.02. The Morgan fingerprint density at radius 3 is 2.00 bits per heavy atom. The number of hydrogen-bond donors (Lipinski definition) is 1. The Bertz CT molecular complexity index is 803. The van der Waals surface area contributed by atoms with Gasteiger partial charge in [0, 0.05) is 13.1 Å². The van der Waals surface area contributed by atoms with Gasteiger partial charge in [0.1, 0.15) is 5.60 Å². The second-order valence-electron chi connectivity index (χ2n) is 6.81. The molecule has 1 aliphatic heterocycles. The first-order valence-corrected chi connectivity index (χ1v) is 8.88. The Labute approximate surface area is 149 Å². The minimum Gasteiger partial charge on any atom is -0.383 e. The highest BCUT2D eigenvalue weighted by Crippen LogP contribution is 2.47. The Balaban J connectivity index is 1.73. The van der Waals surface area contributed by atoms with Gasteiger partial charge < -0.3 is 5.11 Å². The van der Waals surface area contributed by atoms with E-state index >= 15 is 0 Å². The molecule has 25 heavy (non-hydrogen) atoms. The Hall–Kier alpha value is -2.42.